The number of fused-ring (bicyclic) bond motifs is 1. The second kappa shape index (κ2) is 4.23. The van der Waals surface area contributed by atoms with Crippen LogP contribution in [0.4, 0.5) is 0 Å². The Hall–Kier alpha value is -1.02. The van der Waals surface area contributed by atoms with Crippen LogP contribution in [0.3, 0.4) is 0 Å². The third-order valence-electron chi connectivity index (χ3n) is 3.45. The van der Waals surface area contributed by atoms with Gasteiger partial charge in [-0.2, -0.15) is 0 Å². The van der Waals surface area contributed by atoms with Crippen molar-refractivity contribution < 1.29 is 5.11 Å². The topological polar surface area (TPSA) is 23.5 Å². The minimum absolute atomic E-state index is 0.389. The lowest BCUT2D eigenvalue weighted by Gasteiger charge is -2.33. The second-order valence-corrected chi connectivity index (χ2v) is 4.43. The number of phenolic OH excluding ortho intramolecular Hbond substituents is 1. The summed E-state index contributed by atoms with van der Waals surface area (Å²) in [5.41, 5.74) is 2.69. The first-order valence-corrected chi connectivity index (χ1v) is 5.75. The van der Waals surface area contributed by atoms with Gasteiger partial charge in [0, 0.05) is 19.1 Å². The van der Waals surface area contributed by atoms with Gasteiger partial charge in [-0.1, -0.05) is 13.0 Å². The molecule has 0 amide bonds. The molecule has 2 heteroatoms. The van der Waals surface area contributed by atoms with Gasteiger partial charge in [-0.25, -0.2) is 0 Å². The summed E-state index contributed by atoms with van der Waals surface area (Å²) in [7, 11) is 0. The van der Waals surface area contributed by atoms with Crippen LogP contribution < -0.4 is 0 Å². The first-order chi connectivity index (χ1) is 7.20. The van der Waals surface area contributed by atoms with E-state index in [1.54, 1.807) is 6.07 Å². The maximum Gasteiger partial charge on any atom is 0.115 e. The summed E-state index contributed by atoms with van der Waals surface area (Å²) >= 11 is 0. The van der Waals surface area contributed by atoms with E-state index in [4.69, 9.17) is 0 Å². The average Bonchev–Trinajstić information content (AvgIpc) is 2.27. The van der Waals surface area contributed by atoms with Crippen molar-refractivity contribution in [3.63, 3.8) is 0 Å². The lowest BCUT2D eigenvalue weighted by Crippen LogP contribution is -2.37. The molecule has 1 unspecified atom stereocenters. The predicted molar refractivity (Wildman–Crippen MR) is 62.0 cm³/mol. The number of aromatic hydroxyl groups is 1. The molecule has 2 rings (SSSR count). The Labute approximate surface area is 91.5 Å². The van der Waals surface area contributed by atoms with Crippen molar-refractivity contribution in [2.24, 2.45) is 0 Å². The molecular weight excluding hydrogens is 186 g/mol. The van der Waals surface area contributed by atoms with Crippen LogP contribution in [-0.2, 0) is 13.0 Å². The molecule has 2 nitrogen and oxygen atoms in total. The molecule has 1 N–H and O–H groups in total. The van der Waals surface area contributed by atoms with E-state index in [-0.39, 0.29) is 0 Å². The zero-order valence-corrected chi connectivity index (χ0v) is 9.53. The zero-order valence-electron chi connectivity index (χ0n) is 9.53. The molecule has 82 valence electrons. The van der Waals surface area contributed by atoms with Crippen LogP contribution in [0.25, 0.3) is 0 Å². The van der Waals surface area contributed by atoms with Gasteiger partial charge in [-0.3, -0.25) is 4.90 Å². The standard InChI is InChI=1S/C13H19NO/c1-3-10(2)14-7-6-11-4-5-13(15)8-12(11)9-14/h4-5,8,10,15H,3,6-7,9H2,1-2H3. The monoisotopic (exact) mass is 205 g/mol. The van der Waals surface area contributed by atoms with Crippen LogP contribution in [0.2, 0.25) is 0 Å². The van der Waals surface area contributed by atoms with E-state index in [1.807, 2.05) is 6.07 Å². The van der Waals surface area contributed by atoms with Crippen LogP contribution in [0, 0.1) is 0 Å². The molecule has 0 aliphatic carbocycles. The van der Waals surface area contributed by atoms with Crippen molar-refractivity contribution in [1.82, 2.24) is 4.90 Å². The molecule has 1 aromatic rings. The zero-order chi connectivity index (χ0) is 10.8. The molecular formula is C13H19NO. The molecule has 1 aliphatic rings. The minimum Gasteiger partial charge on any atom is -0.508 e. The smallest absolute Gasteiger partial charge is 0.115 e. The molecule has 0 fully saturated rings. The molecule has 0 radical (unpaired) electrons. The SMILES string of the molecule is CCC(C)N1CCc2ccc(O)cc2C1. The van der Waals surface area contributed by atoms with Gasteiger partial charge in [-0.05, 0) is 43.0 Å². The normalized spacial score (nSPS) is 18.5. The molecule has 1 heterocycles. The van der Waals surface area contributed by atoms with Gasteiger partial charge in [0.25, 0.3) is 0 Å². The van der Waals surface area contributed by atoms with Crippen molar-refractivity contribution in [3.8, 4) is 5.75 Å². The fourth-order valence-corrected chi connectivity index (χ4v) is 2.20. The lowest BCUT2D eigenvalue weighted by atomic mass is 9.98. The minimum atomic E-state index is 0.389. The fraction of sp³-hybridized carbons (Fsp3) is 0.538. The van der Waals surface area contributed by atoms with Gasteiger partial charge in [-0.15, -0.1) is 0 Å². The van der Waals surface area contributed by atoms with Gasteiger partial charge in [0.05, 0.1) is 0 Å². The van der Waals surface area contributed by atoms with Crippen LogP contribution in [0.1, 0.15) is 31.4 Å². The Morgan fingerprint density at radius 2 is 2.20 bits per heavy atom. The van der Waals surface area contributed by atoms with E-state index in [1.165, 1.54) is 17.5 Å². The van der Waals surface area contributed by atoms with E-state index in [9.17, 15) is 5.11 Å². The molecule has 0 saturated carbocycles. The Balaban J connectivity index is 2.18. The van der Waals surface area contributed by atoms with Gasteiger partial charge in [0.15, 0.2) is 0 Å². The highest BCUT2D eigenvalue weighted by Crippen LogP contribution is 2.24. The highest BCUT2D eigenvalue weighted by molar-refractivity contribution is 5.36. The van der Waals surface area contributed by atoms with E-state index < -0.39 is 0 Å². The highest BCUT2D eigenvalue weighted by atomic mass is 16.3. The van der Waals surface area contributed by atoms with Gasteiger partial charge >= 0.3 is 0 Å². The first-order valence-electron chi connectivity index (χ1n) is 5.75. The molecule has 0 spiro atoms. The number of benzene rings is 1. The van der Waals surface area contributed by atoms with Gasteiger partial charge in [0.1, 0.15) is 5.75 Å². The van der Waals surface area contributed by atoms with E-state index >= 15 is 0 Å². The summed E-state index contributed by atoms with van der Waals surface area (Å²) in [6.07, 6.45) is 2.30. The van der Waals surface area contributed by atoms with Crippen molar-refractivity contribution in [1.29, 1.82) is 0 Å². The van der Waals surface area contributed by atoms with Crippen LogP contribution in [0.15, 0.2) is 18.2 Å². The Kier molecular flexibility index (Phi) is 2.96. The number of hydrogen-bond donors (Lipinski definition) is 1. The molecule has 1 aliphatic heterocycles. The Bertz CT molecular complexity index is 348. The maximum absolute atomic E-state index is 9.45. The van der Waals surface area contributed by atoms with Crippen LogP contribution in [-0.4, -0.2) is 22.6 Å². The molecule has 0 saturated heterocycles. The molecule has 0 bridgehead atoms. The lowest BCUT2D eigenvalue weighted by molar-refractivity contribution is 0.186. The Morgan fingerprint density at radius 3 is 2.93 bits per heavy atom. The first kappa shape index (κ1) is 10.5. The third kappa shape index (κ3) is 2.15. The third-order valence-corrected chi connectivity index (χ3v) is 3.45. The largest absolute Gasteiger partial charge is 0.508 e. The van der Waals surface area contributed by atoms with Crippen molar-refractivity contribution in [2.75, 3.05) is 6.54 Å². The van der Waals surface area contributed by atoms with Gasteiger partial charge in [0.2, 0.25) is 0 Å². The summed E-state index contributed by atoms with van der Waals surface area (Å²) in [5.74, 6) is 0.389. The predicted octanol–water partition coefficient (Wildman–Crippen LogP) is 2.55. The van der Waals surface area contributed by atoms with Crippen LogP contribution in [0.5, 0.6) is 5.75 Å². The molecule has 15 heavy (non-hydrogen) atoms. The summed E-state index contributed by atoms with van der Waals surface area (Å²) in [4.78, 5) is 2.49. The second-order valence-electron chi connectivity index (χ2n) is 4.43. The number of nitrogens with zero attached hydrogens (tertiary/aromatic N) is 1. The van der Waals surface area contributed by atoms with Crippen molar-refractivity contribution in [3.05, 3.63) is 29.3 Å². The van der Waals surface area contributed by atoms with Gasteiger partial charge < -0.3 is 5.11 Å². The van der Waals surface area contributed by atoms with E-state index in [2.05, 4.69) is 24.8 Å². The maximum atomic E-state index is 9.45. The molecule has 1 atom stereocenters. The quantitative estimate of drug-likeness (QED) is 0.802. The number of hydrogen-bond acceptors (Lipinski definition) is 2. The van der Waals surface area contributed by atoms with E-state index in [0.717, 1.165) is 19.5 Å². The Morgan fingerprint density at radius 1 is 1.40 bits per heavy atom. The van der Waals surface area contributed by atoms with Crippen LogP contribution >= 0.6 is 0 Å². The van der Waals surface area contributed by atoms with Crippen molar-refractivity contribution in [2.45, 2.75) is 39.3 Å². The molecule has 1 aromatic carbocycles. The molecule has 0 aromatic heterocycles. The summed E-state index contributed by atoms with van der Waals surface area (Å²) < 4.78 is 0. The van der Waals surface area contributed by atoms with E-state index in [0.29, 0.717) is 11.8 Å². The number of rotatable bonds is 2. The summed E-state index contributed by atoms with van der Waals surface area (Å²) in [6, 6.07) is 6.39. The highest BCUT2D eigenvalue weighted by Gasteiger charge is 2.19. The number of phenols is 1. The van der Waals surface area contributed by atoms with Crippen molar-refractivity contribution >= 4 is 0 Å². The summed E-state index contributed by atoms with van der Waals surface area (Å²) in [6.45, 7) is 6.63. The fourth-order valence-electron chi connectivity index (χ4n) is 2.20. The average molecular weight is 205 g/mol. The summed E-state index contributed by atoms with van der Waals surface area (Å²) in [5, 5.41) is 9.45.